The van der Waals surface area contributed by atoms with Gasteiger partial charge in [-0.05, 0) is 61.9 Å². The quantitative estimate of drug-likeness (QED) is 0.802. The zero-order chi connectivity index (χ0) is 18.9. The topological polar surface area (TPSA) is 60.9 Å². The van der Waals surface area contributed by atoms with Crippen molar-refractivity contribution in [1.29, 1.82) is 0 Å². The fourth-order valence-electron chi connectivity index (χ4n) is 3.91. The van der Waals surface area contributed by atoms with Gasteiger partial charge in [-0.3, -0.25) is 9.69 Å². The van der Waals surface area contributed by atoms with Crippen molar-refractivity contribution in [2.45, 2.75) is 37.5 Å². The van der Waals surface area contributed by atoms with Crippen molar-refractivity contribution in [3.63, 3.8) is 0 Å². The minimum absolute atomic E-state index is 0.114. The van der Waals surface area contributed by atoms with E-state index in [2.05, 4.69) is 11.8 Å². The zero-order valence-corrected chi connectivity index (χ0v) is 16.8. The first-order valence-corrected chi connectivity index (χ1v) is 10.8. The van der Waals surface area contributed by atoms with E-state index in [0.29, 0.717) is 23.9 Å². The predicted octanol–water partition coefficient (Wildman–Crippen LogP) is 1.95. The van der Waals surface area contributed by atoms with E-state index in [1.807, 2.05) is 4.90 Å². The Bertz CT molecular complexity index is 776. The summed E-state index contributed by atoms with van der Waals surface area (Å²) in [4.78, 5) is 17.3. The SMILES string of the molecule is CC1CCCN(CC(=O)N2CCCc3cc(S(=O)(=O)N(C)C)ccc32)C1. The van der Waals surface area contributed by atoms with Crippen LogP contribution in [-0.2, 0) is 21.2 Å². The highest BCUT2D eigenvalue weighted by Gasteiger charge is 2.27. The molecular formula is C19H29N3O3S. The number of sulfonamides is 1. The largest absolute Gasteiger partial charge is 0.311 e. The minimum Gasteiger partial charge on any atom is -0.311 e. The summed E-state index contributed by atoms with van der Waals surface area (Å²) in [5.41, 5.74) is 1.81. The van der Waals surface area contributed by atoms with Crippen LogP contribution in [0.25, 0.3) is 0 Å². The Balaban J connectivity index is 1.79. The first-order chi connectivity index (χ1) is 12.3. The van der Waals surface area contributed by atoms with Crippen LogP contribution in [0.5, 0.6) is 0 Å². The lowest BCUT2D eigenvalue weighted by molar-refractivity contribution is -0.120. The Morgan fingerprint density at radius 1 is 1.23 bits per heavy atom. The Morgan fingerprint density at radius 3 is 2.69 bits per heavy atom. The first-order valence-electron chi connectivity index (χ1n) is 9.37. The van der Waals surface area contributed by atoms with Crippen molar-refractivity contribution in [3.8, 4) is 0 Å². The summed E-state index contributed by atoms with van der Waals surface area (Å²) in [6, 6.07) is 5.14. The number of hydrogen-bond donors (Lipinski definition) is 0. The molecule has 1 unspecified atom stereocenters. The summed E-state index contributed by atoms with van der Waals surface area (Å²) in [5, 5.41) is 0. The molecule has 7 heteroatoms. The molecule has 0 radical (unpaired) electrons. The lowest BCUT2D eigenvalue weighted by atomic mass is 9.99. The van der Waals surface area contributed by atoms with E-state index in [-0.39, 0.29) is 5.91 Å². The molecule has 0 bridgehead atoms. The van der Waals surface area contributed by atoms with Crippen LogP contribution < -0.4 is 4.90 Å². The van der Waals surface area contributed by atoms with Crippen LogP contribution in [0.3, 0.4) is 0 Å². The summed E-state index contributed by atoms with van der Waals surface area (Å²) >= 11 is 0. The molecule has 3 rings (SSSR count). The van der Waals surface area contributed by atoms with E-state index >= 15 is 0 Å². The molecule has 0 N–H and O–H groups in total. The van der Waals surface area contributed by atoms with Gasteiger partial charge in [0.15, 0.2) is 0 Å². The molecule has 1 amide bonds. The molecule has 1 aromatic rings. The summed E-state index contributed by atoms with van der Waals surface area (Å²) in [6.45, 7) is 5.35. The van der Waals surface area contributed by atoms with Gasteiger partial charge in [-0.1, -0.05) is 6.92 Å². The van der Waals surface area contributed by atoms with Crippen LogP contribution >= 0.6 is 0 Å². The number of carbonyl (C=O) groups is 1. The molecule has 1 aromatic carbocycles. The molecule has 26 heavy (non-hydrogen) atoms. The summed E-state index contributed by atoms with van der Waals surface area (Å²) in [7, 11) is -0.391. The maximum atomic E-state index is 12.9. The number of carbonyl (C=O) groups excluding carboxylic acids is 1. The number of amides is 1. The highest BCUT2D eigenvalue weighted by molar-refractivity contribution is 7.89. The van der Waals surface area contributed by atoms with Gasteiger partial charge in [0.2, 0.25) is 15.9 Å². The molecule has 144 valence electrons. The van der Waals surface area contributed by atoms with Crippen molar-refractivity contribution < 1.29 is 13.2 Å². The molecule has 1 atom stereocenters. The molecular weight excluding hydrogens is 350 g/mol. The average Bonchev–Trinajstić information content (AvgIpc) is 2.60. The van der Waals surface area contributed by atoms with Gasteiger partial charge < -0.3 is 4.90 Å². The molecule has 1 saturated heterocycles. The second-order valence-electron chi connectivity index (χ2n) is 7.71. The van der Waals surface area contributed by atoms with Crippen LogP contribution in [0.4, 0.5) is 5.69 Å². The normalized spacial score (nSPS) is 21.7. The van der Waals surface area contributed by atoms with Crippen molar-refractivity contribution in [2.24, 2.45) is 5.92 Å². The third-order valence-corrected chi connectivity index (χ3v) is 7.16. The van der Waals surface area contributed by atoms with Crippen LogP contribution in [-0.4, -0.2) is 63.8 Å². The first kappa shape index (κ1) is 19.3. The fourth-order valence-corrected chi connectivity index (χ4v) is 4.86. The number of nitrogens with zero attached hydrogens (tertiary/aromatic N) is 3. The molecule has 2 aliphatic rings. The highest BCUT2D eigenvalue weighted by Crippen LogP contribution is 2.30. The number of aryl methyl sites for hydroxylation is 1. The molecule has 0 aliphatic carbocycles. The van der Waals surface area contributed by atoms with Crippen molar-refractivity contribution >= 4 is 21.6 Å². The van der Waals surface area contributed by atoms with Crippen molar-refractivity contribution in [3.05, 3.63) is 23.8 Å². The van der Waals surface area contributed by atoms with E-state index in [1.165, 1.54) is 24.8 Å². The number of likely N-dealkylation sites (tertiary alicyclic amines) is 1. The molecule has 0 saturated carbocycles. The van der Waals surface area contributed by atoms with Gasteiger partial charge in [0.05, 0.1) is 11.4 Å². The molecule has 2 heterocycles. The molecule has 0 spiro atoms. The number of anilines is 1. The van der Waals surface area contributed by atoms with E-state index in [1.54, 1.807) is 18.2 Å². The van der Waals surface area contributed by atoms with Crippen molar-refractivity contribution in [2.75, 3.05) is 45.2 Å². The van der Waals surface area contributed by atoms with Crippen LogP contribution in [0, 0.1) is 5.92 Å². The smallest absolute Gasteiger partial charge is 0.242 e. The van der Waals surface area contributed by atoms with E-state index in [4.69, 9.17) is 0 Å². The van der Waals surface area contributed by atoms with Gasteiger partial charge in [0.25, 0.3) is 0 Å². The molecule has 6 nitrogen and oxygen atoms in total. The van der Waals surface area contributed by atoms with Gasteiger partial charge in [-0.25, -0.2) is 12.7 Å². The number of rotatable bonds is 4. The second-order valence-corrected chi connectivity index (χ2v) is 9.86. The van der Waals surface area contributed by atoms with E-state index in [0.717, 1.165) is 43.6 Å². The number of fused-ring (bicyclic) bond motifs is 1. The molecule has 2 aliphatic heterocycles. The van der Waals surface area contributed by atoms with Crippen LogP contribution in [0.2, 0.25) is 0 Å². The predicted molar refractivity (Wildman–Crippen MR) is 103 cm³/mol. The van der Waals surface area contributed by atoms with E-state index < -0.39 is 10.0 Å². The van der Waals surface area contributed by atoms with Crippen LogP contribution in [0.15, 0.2) is 23.1 Å². The Morgan fingerprint density at radius 2 is 2.00 bits per heavy atom. The third kappa shape index (κ3) is 3.94. The van der Waals surface area contributed by atoms with Gasteiger partial charge in [0, 0.05) is 32.9 Å². The van der Waals surface area contributed by atoms with Crippen molar-refractivity contribution in [1.82, 2.24) is 9.21 Å². The second kappa shape index (κ2) is 7.66. The molecule has 1 fully saturated rings. The fraction of sp³-hybridized carbons (Fsp3) is 0.632. The summed E-state index contributed by atoms with van der Waals surface area (Å²) < 4.78 is 26.0. The summed E-state index contributed by atoms with van der Waals surface area (Å²) in [6.07, 6.45) is 4.05. The van der Waals surface area contributed by atoms with Gasteiger partial charge >= 0.3 is 0 Å². The van der Waals surface area contributed by atoms with Crippen LogP contribution in [0.1, 0.15) is 31.7 Å². The maximum absolute atomic E-state index is 12.9. The standard InChI is InChI=1S/C19H29N3O3S/c1-15-6-4-10-21(13-15)14-19(23)22-11-5-7-16-12-17(8-9-18(16)22)26(24,25)20(2)3/h8-9,12,15H,4-7,10-11,13-14H2,1-3H3. The number of hydrogen-bond acceptors (Lipinski definition) is 4. The van der Waals surface area contributed by atoms with E-state index in [9.17, 15) is 13.2 Å². The Labute approximate surface area is 156 Å². The third-order valence-electron chi connectivity index (χ3n) is 5.35. The van der Waals surface area contributed by atoms with Gasteiger partial charge in [-0.15, -0.1) is 0 Å². The zero-order valence-electron chi connectivity index (χ0n) is 15.9. The number of piperidine rings is 1. The lowest BCUT2D eigenvalue weighted by Gasteiger charge is -2.34. The van der Waals surface area contributed by atoms with Gasteiger partial charge in [-0.2, -0.15) is 0 Å². The lowest BCUT2D eigenvalue weighted by Crippen LogP contribution is -2.45. The average molecular weight is 380 g/mol. The maximum Gasteiger partial charge on any atom is 0.242 e. The highest BCUT2D eigenvalue weighted by atomic mass is 32.2. The number of benzene rings is 1. The minimum atomic E-state index is -3.46. The summed E-state index contributed by atoms with van der Waals surface area (Å²) in [5.74, 6) is 0.757. The van der Waals surface area contributed by atoms with Gasteiger partial charge in [0.1, 0.15) is 0 Å². The Hall–Kier alpha value is -1.44. The molecule has 0 aromatic heterocycles. The monoisotopic (exact) mass is 379 g/mol. The Kier molecular flexibility index (Phi) is 5.69.